The number of hydrogen-bond acceptors (Lipinski definition) is 4. The van der Waals surface area contributed by atoms with E-state index in [-0.39, 0.29) is 11.9 Å². The van der Waals surface area contributed by atoms with Gasteiger partial charge < -0.3 is 10.3 Å². The van der Waals surface area contributed by atoms with Gasteiger partial charge in [0, 0.05) is 18.0 Å². The molecule has 1 atom stereocenters. The fraction of sp³-hybridized carbons (Fsp3) is 0.333. The summed E-state index contributed by atoms with van der Waals surface area (Å²) in [6, 6.07) is 4.40. The van der Waals surface area contributed by atoms with Gasteiger partial charge in [-0.2, -0.15) is 0 Å². The molecule has 96 valence electrons. The highest BCUT2D eigenvalue weighted by Gasteiger charge is 2.13. The summed E-state index contributed by atoms with van der Waals surface area (Å²) >= 11 is 1.44. The SMILES string of the molecule is Cc1nnc(Sc2ccc(F)cc2C(C)N)n1C. The second-order valence-electron chi connectivity index (χ2n) is 4.16. The zero-order valence-corrected chi connectivity index (χ0v) is 11.3. The minimum Gasteiger partial charge on any atom is -0.324 e. The second-order valence-corrected chi connectivity index (χ2v) is 5.17. The van der Waals surface area contributed by atoms with Crippen LogP contribution in [0.2, 0.25) is 0 Å². The highest BCUT2D eigenvalue weighted by Crippen LogP contribution is 2.32. The van der Waals surface area contributed by atoms with E-state index in [0.29, 0.717) is 0 Å². The third kappa shape index (κ3) is 2.54. The maximum absolute atomic E-state index is 13.2. The fourth-order valence-electron chi connectivity index (χ4n) is 1.54. The minimum atomic E-state index is -0.277. The molecule has 2 rings (SSSR count). The van der Waals surface area contributed by atoms with Crippen molar-refractivity contribution in [1.82, 2.24) is 14.8 Å². The first-order valence-corrected chi connectivity index (χ1v) is 6.39. The van der Waals surface area contributed by atoms with E-state index in [9.17, 15) is 4.39 Å². The van der Waals surface area contributed by atoms with Crippen molar-refractivity contribution < 1.29 is 4.39 Å². The van der Waals surface area contributed by atoms with Crippen molar-refractivity contribution >= 4 is 11.8 Å². The van der Waals surface area contributed by atoms with Crippen molar-refractivity contribution in [3.05, 3.63) is 35.4 Å². The topological polar surface area (TPSA) is 56.7 Å². The Morgan fingerprint density at radius 3 is 2.67 bits per heavy atom. The summed E-state index contributed by atoms with van der Waals surface area (Å²) in [7, 11) is 1.90. The van der Waals surface area contributed by atoms with Gasteiger partial charge in [0.1, 0.15) is 11.6 Å². The van der Waals surface area contributed by atoms with Gasteiger partial charge in [0.15, 0.2) is 5.16 Å². The lowest BCUT2D eigenvalue weighted by atomic mass is 10.1. The molecule has 2 N–H and O–H groups in total. The maximum Gasteiger partial charge on any atom is 0.195 e. The van der Waals surface area contributed by atoms with E-state index in [1.54, 1.807) is 6.07 Å². The molecule has 0 aliphatic rings. The summed E-state index contributed by atoms with van der Waals surface area (Å²) < 4.78 is 15.1. The molecule has 0 saturated carbocycles. The molecule has 0 aliphatic heterocycles. The summed E-state index contributed by atoms with van der Waals surface area (Å²) in [5.41, 5.74) is 6.64. The number of aromatic nitrogens is 3. The van der Waals surface area contributed by atoms with Crippen LogP contribution in [0.25, 0.3) is 0 Å². The van der Waals surface area contributed by atoms with Crippen LogP contribution in [0.5, 0.6) is 0 Å². The highest BCUT2D eigenvalue weighted by molar-refractivity contribution is 7.99. The van der Waals surface area contributed by atoms with E-state index in [4.69, 9.17) is 5.73 Å². The fourth-order valence-corrected chi connectivity index (χ4v) is 2.59. The van der Waals surface area contributed by atoms with Crippen molar-refractivity contribution in [2.75, 3.05) is 0 Å². The Morgan fingerprint density at radius 2 is 2.11 bits per heavy atom. The molecule has 2 aromatic rings. The summed E-state index contributed by atoms with van der Waals surface area (Å²) in [5.74, 6) is 0.558. The van der Waals surface area contributed by atoms with E-state index in [1.807, 2.05) is 25.5 Å². The third-order valence-corrected chi connectivity index (χ3v) is 3.85. The Balaban J connectivity index is 2.37. The molecule has 0 radical (unpaired) electrons. The monoisotopic (exact) mass is 266 g/mol. The number of rotatable bonds is 3. The molecule has 0 fully saturated rings. The lowest BCUT2D eigenvalue weighted by molar-refractivity contribution is 0.619. The van der Waals surface area contributed by atoms with Crippen molar-refractivity contribution in [1.29, 1.82) is 0 Å². The van der Waals surface area contributed by atoms with E-state index < -0.39 is 0 Å². The van der Waals surface area contributed by atoms with Crippen LogP contribution in [0.15, 0.2) is 28.3 Å². The average molecular weight is 266 g/mol. The summed E-state index contributed by atoms with van der Waals surface area (Å²) in [6.07, 6.45) is 0. The average Bonchev–Trinajstić information content (AvgIpc) is 2.63. The van der Waals surface area contributed by atoms with Crippen molar-refractivity contribution in [3.8, 4) is 0 Å². The van der Waals surface area contributed by atoms with Gasteiger partial charge in [0.25, 0.3) is 0 Å². The molecule has 1 aromatic carbocycles. The van der Waals surface area contributed by atoms with Crippen LogP contribution >= 0.6 is 11.8 Å². The Kier molecular flexibility index (Phi) is 3.68. The Bertz CT molecular complexity index is 565. The maximum atomic E-state index is 13.2. The van der Waals surface area contributed by atoms with Gasteiger partial charge in [-0.3, -0.25) is 0 Å². The number of nitrogens with two attached hydrogens (primary N) is 1. The smallest absolute Gasteiger partial charge is 0.195 e. The first-order valence-electron chi connectivity index (χ1n) is 5.58. The van der Waals surface area contributed by atoms with Gasteiger partial charge >= 0.3 is 0 Å². The molecule has 1 heterocycles. The van der Waals surface area contributed by atoms with Gasteiger partial charge in [0.2, 0.25) is 0 Å². The second kappa shape index (κ2) is 5.07. The molecular weight excluding hydrogens is 251 g/mol. The molecular formula is C12H15FN4S. The van der Waals surface area contributed by atoms with Crippen LogP contribution in [0.4, 0.5) is 4.39 Å². The van der Waals surface area contributed by atoms with E-state index in [2.05, 4.69) is 10.2 Å². The van der Waals surface area contributed by atoms with Crippen LogP contribution in [-0.2, 0) is 7.05 Å². The van der Waals surface area contributed by atoms with Crippen LogP contribution in [0.3, 0.4) is 0 Å². The molecule has 4 nitrogen and oxygen atoms in total. The van der Waals surface area contributed by atoms with E-state index in [0.717, 1.165) is 21.4 Å². The molecule has 0 aliphatic carbocycles. The Morgan fingerprint density at radius 1 is 1.39 bits per heavy atom. The van der Waals surface area contributed by atoms with Crippen molar-refractivity contribution in [2.24, 2.45) is 12.8 Å². The summed E-state index contributed by atoms with van der Waals surface area (Å²) in [4.78, 5) is 0.905. The molecule has 0 spiro atoms. The standard InChI is InChI=1S/C12H15FN4S/c1-7(14)10-6-9(13)4-5-11(10)18-12-16-15-8(2)17(12)3/h4-7H,14H2,1-3H3. The Labute approximate surface area is 109 Å². The normalized spacial score (nSPS) is 12.7. The highest BCUT2D eigenvalue weighted by atomic mass is 32.2. The predicted molar refractivity (Wildman–Crippen MR) is 68.9 cm³/mol. The lowest BCUT2D eigenvalue weighted by Crippen LogP contribution is -2.07. The van der Waals surface area contributed by atoms with Gasteiger partial charge in [-0.15, -0.1) is 10.2 Å². The zero-order chi connectivity index (χ0) is 13.3. The van der Waals surface area contributed by atoms with Crippen LogP contribution in [0, 0.1) is 12.7 Å². The number of hydrogen-bond donors (Lipinski definition) is 1. The third-order valence-electron chi connectivity index (χ3n) is 2.72. The van der Waals surface area contributed by atoms with Crippen LogP contribution in [-0.4, -0.2) is 14.8 Å². The first kappa shape index (κ1) is 13.0. The largest absolute Gasteiger partial charge is 0.324 e. The molecule has 0 saturated heterocycles. The molecule has 18 heavy (non-hydrogen) atoms. The van der Waals surface area contributed by atoms with Gasteiger partial charge in [0.05, 0.1) is 0 Å². The molecule has 6 heteroatoms. The Hall–Kier alpha value is -1.40. The minimum absolute atomic E-state index is 0.225. The van der Waals surface area contributed by atoms with E-state index in [1.165, 1.54) is 23.9 Å². The number of halogens is 1. The summed E-state index contributed by atoms with van der Waals surface area (Å²) in [6.45, 7) is 3.72. The predicted octanol–water partition coefficient (Wildman–Crippen LogP) is 2.43. The zero-order valence-electron chi connectivity index (χ0n) is 10.5. The van der Waals surface area contributed by atoms with Gasteiger partial charge in [-0.05, 0) is 49.4 Å². The van der Waals surface area contributed by atoms with Crippen LogP contribution in [0.1, 0.15) is 24.4 Å². The molecule has 1 unspecified atom stereocenters. The van der Waals surface area contributed by atoms with Crippen molar-refractivity contribution in [3.63, 3.8) is 0 Å². The molecule has 0 bridgehead atoms. The first-order chi connectivity index (χ1) is 8.49. The summed E-state index contributed by atoms with van der Waals surface area (Å²) in [5, 5.41) is 8.83. The van der Waals surface area contributed by atoms with Gasteiger partial charge in [-0.1, -0.05) is 0 Å². The van der Waals surface area contributed by atoms with Crippen LogP contribution < -0.4 is 5.73 Å². The number of benzene rings is 1. The van der Waals surface area contributed by atoms with Crippen molar-refractivity contribution in [2.45, 2.75) is 29.9 Å². The van der Waals surface area contributed by atoms with E-state index >= 15 is 0 Å². The number of nitrogens with zero attached hydrogens (tertiary/aromatic N) is 3. The molecule has 0 amide bonds. The molecule has 1 aromatic heterocycles. The number of aryl methyl sites for hydroxylation is 1. The van der Waals surface area contributed by atoms with Gasteiger partial charge in [-0.25, -0.2) is 4.39 Å². The quantitative estimate of drug-likeness (QED) is 0.927. The lowest BCUT2D eigenvalue weighted by Gasteiger charge is -2.11.